The SMILES string of the molecule is CCCCCCCCCC[P+](CCO)(CCCCCCCCCC)CCCCCCCCCC.O=[N+]([O-])[O-]. The highest BCUT2D eigenvalue weighted by atomic mass is 31.2. The second kappa shape index (κ2) is 32.8. The summed E-state index contributed by atoms with van der Waals surface area (Å²) in [5, 5.41) is 24.7. The lowest BCUT2D eigenvalue weighted by molar-refractivity contribution is -0.402. The molecule has 0 aromatic rings. The van der Waals surface area contributed by atoms with E-state index in [9.17, 15) is 5.11 Å². The van der Waals surface area contributed by atoms with Crippen LogP contribution in [0.4, 0.5) is 0 Å². The first-order valence-corrected chi connectivity index (χ1v) is 19.3. The molecule has 0 aromatic carbocycles. The van der Waals surface area contributed by atoms with Crippen LogP contribution < -0.4 is 0 Å². The molecule has 0 amide bonds. The van der Waals surface area contributed by atoms with Gasteiger partial charge in [0.1, 0.15) is 0 Å². The number of hydrogen-bond donors (Lipinski definition) is 1. The summed E-state index contributed by atoms with van der Waals surface area (Å²) in [6.07, 6.45) is 39.9. The van der Waals surface area contributed by atoms with E-state index in [-0.39, 0.29) is 0 Å². The molecule has 0 aliphatic rings. The lowest BCUT2D eigenvalue weighted by atomic mass is 10.1. The van der Waals surface area contributed by atoms with Crippen molar-refractivity contribution in [2.24, 2.45) is 0 Å². The zero-order chi connectivity index (χ0) is 28.6. The molecule has 0 radical (unpaired) electrons. The normalized spacial score (nSPS) is 11.4. The number of unbranched alkanes of at least 4 members (excludes halogenated alkanes) is 21. The second-order valence-electron chi connectivity index (χ2n) is 11.6. The fourth-order valence-electron chi connectivity index (χ4n) is 5.63. The Labute approximate surface area is 238 Å². The fourth-order valence-corrected chi connectivity index (χ4v) is 10.1. The smallest absolute Gasteiger partial charge is 0.0825 e. The zero-order valence-corrected chi connectivity index (χ0v) is 27.0. The zero-order valence-electron chi connectivity index (χ0n) is 26.1. The second-order valence-corrected chi connectivity index (χ2v) is 16.1. The third-order valence-electron chi connectivity index (χ3n) is 8.03. The quantitative estimate of drug-likeness (QED) is 0.0426. The lowest BCUT2D eigenvalue weighted by Crippen LogP contribution is -2.15. The van der Waals surface area contributed by atoms with Crippen LogP contribution in [0, 0.1) is 15.3 Å². The van der Waals surface area contributed by atoms with Crippen LogP contribution in [0.1, 0.15) is 175 Å². The number of aliphatic hydroxyl groups excluding tert-OH is 1. The standard InChI is InChI=1S/C32H68OP.NO3/c1-4-7-10-13-16-19-22-25-29-34(32-28-33,30-26-23-20-17-14-11-8-5-2)31-27-24-21-18-15-12-9-6-3;2-1(3)4/h33H,4-32H2,1-3H3;/q+1;-1. The van der Waals surface area contributed by atoms with Crippen molar-refractivity contribution in [2.75, 3.05) is 31.3 Å². The van der Waals surface area contributed by atoms with Crippen molar-refractivity contribution in [3.8, 4) is 0 Å². The highest BCUT2D eigenvalue weighted by Crippen LogP contribution is 2.60. The summed E-state index contributed by atoms with van der Waals surface area (Å²) in [7, 11) is -0.945. The molecule has 0 atom stereocenters. The van der Waals surface area contributed by atoms with E-state index >= 15 is 0 Å². The van der Waals surface area contributed by atoms with Gasteiger partial charge in [0.2, 0.25) is 0 Å². The Kier molecular flexibility index (Phi) is 34.3. The van der Waals surface area contributed by atoms with Crippen molar-refractivity contribution >= 4 is 7.26 Å². The summed E-state index contributed by atoms with van der Waals surface area (Å²) in [5.41, 5.74) is 0. The molecule has 38 heavy (non-hydrogen) atoms. The molecule has 0 fully saturated rings. The van der Waals surface area contributed by atoms with Crippen molar-refractivity contribution < 1.29 is 10.2 Å². The van der Waals surface area contributed by atoms with Crippen LogP contribution in [0.5, 0.6) is 0 Å². The third kappa shape index (κ3) is 31.8. The number of nitrogens with zero attached hydrogens (tertiary/aromatic N) is 1. The Balaban J connectivity index is 0. The van der Waals surface area contributed by atoms with Gasteiger partial charge in [0, 0.05) is 7.26 Å². The van der Waals surface area contributed by atoms with Crippen LogP contribution in [0.3, 0.4) is 0 Å². The summed E-state index contributed by atoms with van der Waals surface area (Å²) < 4.78 is 0. The van der Waals surface area contributed by atoms with E-state index in [4.69, 9.17) is 15.3 Å². The van der Waals surface area contributed by atoms with Gasteiger partial charge in [0.05, 0.1) is 36.3 Å². The van der Waals surface area contributed by atoms with E-state index in [1.54, 1.807) is 0 Å². The van der Waals surface area contributed by atoms with E-state index in [2.05, 4.69) is 20.8 Å². The molecule has 0 saturated carbocycles. The van der Waals surface area contributed by atoms with Gasteiger partial charge < -0.3 is 20.4 Å². The number of hydrogen-bond acceptors (Lipinski definition) is 4. The largest absolute Gasteiger partial charge is 0.393 e. The van der Waals surface area contributed by atoms with Gasteiger partial charge in [-0.3, -0.25) is 0 Å². The first kappa shape index (κ1) is 39.7. The van der Waals surface area contributed by atoms with Gasteiger partial charge in [0.15, 0.2) is 0 Å². The summed E-state index contributed by atoms with van der Waals surface area (Å²) in [6, 6.07) is 0. The van der Waals surface area contributed by atoms with Crippen LogP contribution in [0.2, 0.25) is 0 Å². The van der Waals surface area contributed by atoms with Gasteiger partial charge in [-0.15, -0.1) is 0 Å². The van der Waals surface area contributed by atoms with Crippen molar-refractivity contribution in [2.45, 2.75) is 175 Å². The van der Waals surface area contributed by atoms with Crippen molar-refractivity contribution in [1.82, 2.24) is 0 Å². The highest BCUT2D eigenvalue weighted by Gasteiger charge is 2.34. The Morgan fingerprint density at radius 2 is 0.658 bits per heavy atom. The lowest BCUT2D eigenvalue weighted by Gasteiger charge is -2.28. The minimum atomic E-state index is -1.75. The average molecular weight is 562 g/mol. The maximum atomic E-state index is 10.00. The molecule has 0 saturated heterocycles. The molecule has 0 aliphatic heterocycles. The molecule has 0 heterocycles. The minimum Gasteiger partial charge on any atom is -0.393 e. The van der Waals surface area contributed by atoms with Gasteiger partial charge >= 0.3 is 0 Å². The summed E-state index contributed by atoms with van der Waals surface area (Å²) >= 11 is 0. The third-order valence-corrected chi connectivity index (χ3v) is 13.0. The molecule has 230 valence electrons. The van der Waals surface area contributed by atoms with Gasteiger partial charge in [-0.05, 0) is 38.5 Å². The van der Waals surface area contributed by atoms with Crippen LogP contribution in [0.15, 0.2) is 0 Å². The molecule has 0 unspecified atom stereocenters. The van der Waals surface area contributed by atoms with Gasteiger partial charge in [-0.1, -0.05) is 136 Å². The first-order chi connectivity index (χ1) is 18.5. The van der Waals surface area contributed by atoms with Gasteiger partial charge in [0.25, 0.3) is 0 Å². The summed E-state index contributed by atoms with van der Waals surface area (Å²) in [5.74, 6) is 0. The fraction of sp³-hybridized carbons (Fsp3) is 1.00. The van der Waals surface area contributed by atoms with Crippen molar-refractivity contribution in [3.05, 3.63) is 15.3 Å². The maximum Gasteiger partial charge on any atom is 0.0825 e. The van der Waals surface area contributed by atoms with Crippen LogP contribution >= 0.6 is 7.26 Å². The predicted molar refractivity (Wildman–Crippen MR) is 172 cm³/mol. The van der Waals surface area contributed by atoms with E-state index in [0.717, 1.165) is 6.16 Å². The Morgan fingerprint density at radius 1 is 0.447 bits per heavy atom. The van der Waals surface area contributed by atoms with E-state index in [1.807, 2.05) is 0 Å². The van der Waals surface area contributed by atoms with Crippen molar-refractivity contribution in [1.29, 1.82) is 0 Å². The van der Waals surface area contributed by atoms with E-state index in [0.29, 0.717) is 6.61 Å². The predicted octanol–water partition coefficient (Wildman–Crippen LogP) is 11.2. The molecule has 6 heteroatoms. The first-order valence-electron chi connectivity index (χ1n) is 16.8. The van der Waals surface area contributed by atoms with Crippen LogP contribution in [-0.2, 0) is 0 Å². The molecule has 5 nitrogen and oxygen atoms in total. The topological polar surface area (TPSA) is 86.4 Å². The summed E-state index contributed by atoms with van der Waals surface area (Å²) in [4.78, 5) is 8.25. The Bertz CT molecular complexity index is 410. The molecule has 1 N–H and O–H groups in total. The number of aliphatic hydroxyl groups is 1. The maximum absolute atomic E-state index is 10.00. The Morgan fingerprint density at radius 3 is 0.868 bits per heavy atom. The van der Waals surface area contributed by atoms with Gasteiger partial charge in [-0.2, -0.15) is 0 Å². The molecule has 0 bridgehead atoms. The molecular formula is C32H68NO4P. The van der Waals surface area contributed by atoms with Crippen molar-refractivity contribution in [3.63, 3.8) is 0 Å². The average Bonchev–Trinajstić information content (AvgIpc) is 2.88. The molecule has 0 aliphatic carbocycles. The molecular weight excluding hydrogens is 493 g/mol. The van der Waals surface area contributed by atoms with E-state index in [1.165, 1.54) is 173 Å². The van der Waals surface area contributed by atoms with Gasteiger partial charge in [-0.25, -0.2) is 0 Å². The molecule has 0 aromatic heterocycles. The molecule has 0 rings (SSSR count). The minimum absolute atomic E-state index is 0.443. The summed E-state index contributed by atoms with van der Waals surface area (Å²) in [6.45, 7) is 7.37. The van der Waals surface area contributed by atoms with E-state index < -0.39 is 12.3 Å². The number of rotatable bonds is 29. The monoisotopic (exact) mass is 561 g/mol. The molecule has 0 spiro atoms. The highest BCUT2D eigenvalue weighted by molar-refractivity contribution is 7.75. The van der Waals surface area contributed by atoms with Crippen LogP contribution in [0.25, 0.3) is 0 Å². The van der Waals surface area contributed by atoms with Crippen LogP contribution in [-0.4, -0.2) is 41.4 Å². The Hall–Kier alpha value is -0.410.